The Morgan fingerprint density at radius 1 is 0.814 bits per heavy atom. The average molecular weight is 607 g/mol. The fourth-order valence-electron chi connectivity index (χ4n) is 3.93. The van der Waals surface area contributed by atoms with Gasteiger partial charge in [-0.05, 0) is 110 Å². The third-order valence-electron chi connectivity index (χ3n) is 6.23. The molecular formula is C34H35FO7S. The largest absolute Gasteiger partial charge is 0.493 e. The summed E-state index contributed by atoms with van der Waals surface area (Å²) in [7, 11) is 1.51. The fraction of sp³-hybridized carbons (Fsp3) is 0.265. The Morgan fingerprint density at radius 3 is 2.09 bits per heavy atom. The molecule has 0 aliphatic heterocycles. The number of benzene rings is 3. The molecule has 43 heavy (non-hydrogen) atoms. The van der Waals surface area contributed by atoms with Gasteiger partial charge >= 0.3 is 11.9 Å². The predicted octanol–water partition coefficient (Wildman–Crippen LogP) is 7.67. The van der Waals surface area contributed by atoms with Gasteiger partial charge in [0.25, 0.3) is 0 Å². The van der Waals surface area contributed by atoms with Crippen LogP contribution in [0.4, 0.5) is 4.39 Å². The number of hydrogen-bond acceptors (Lipinski definition) is 8. The molecule has 226 valence electrons. The fourth-order valence-corrected chi connectivity index (χ4v) is 4.67. The number of unbranched alkanes of at least 4 members (excludes halogenated alkanes) is 3. The standard InChI is InChI=1S/C34H35FO7S/c1-23-21-28(13-18-31(23)40-19-7-5-6-8-20-41-32(36)24(2)22-39-4)26-11-16-30(17-12-26)43-34(38)27-9-14-29(15-10-27)42-33(37)25(3)35/h9-18,21H,2-3,5-8,19-20,22H2,1,4H3. The van der Waals surface area contributed by atoms with Crippen molar-refractivity contribution in [1.82, 2.24) is 0 Å². The highest BCUT2D eigenvalue weighted by molar-refractivity contribution is 8.14. The van der Waals surface area contributed by atoms with Gasteiger partial charge in [0.15, 0.2) is 0 Å². The number of carbonyl (C=O) groups excluding carboxylic acids is 3. The van der Waals surface area contributed by atoms with Crippen molar-refractivity contribution in [2.45, 2.75) is 37.5 Å². The molecule has 0 amide bonds. The summed E-state index contributed by atoms with van der Waals surface area (Å²) < 4.78 is 33.6. The molecule has 9 heteroatoms. The van der Waals surface area contributed by atoms with Crippen LogP contribution < -0.4 is 9.47 Å². The summed E-state index contributed by atoms with van der Waals surface area (Å²) in [6.45, 7) is 9.67. The Hall–Kier alpha value is -4.21. The molecule has 3 rings (SSSR count). The maximum absolute atomic E-state index is 12.8. The molecule has 0 N–H and O–H groups in total. The molecule has 0 heterocycles. The van der Waals surface area contributed by atoms with E-state index >= 15 is 0 Å². The lowest BCUT2D eigenvalue weighted by atomic mass is 10.0. The highest BCUT2D eigenvalue weighted by atomic mass is 32.2. The van der Waals surface area contributed by atoms with Crippen molar-refractivity contribution in [2.24, 2.45) is 0 Å². The summed E-state index contributed by atoms with van der Waals surface area (Å²) in [4.78, 5) is 36.4. The summed E-state index contributed by atoms with van der Waals surface area (Å²) in [5.74, 6) is -1.81. The third kappa shape index (κ3) is 10.9. The SMILES string of the molecule is C=C(F)C(=O)Oc1ccc(C(=O)Sc2ccc(-c3ccc(OCCCCCCOC(=O)C(=C)COC)c(C)c3)cc2)cc1. The van der Waals surface area contributed by atoms with Crippen molar-refractivity contribution >= 4 is 28.8 Å². The monoisotopic (exact) mass is 606 g/mol. The van der Waals surface area contributed by atoms with Crippen LogP contribution in [0.5, 0.6) is 11.5 Å². The van der Waals surface area contributed by atoms with Crippen molar-refractivity contribution in [3.8, 4) is 22.6 Å². The van der Waals surface area contributed by atoms with E-state index in [1.165, 1.54) is 31.4 Å². The van der Waals surface area contributed by atoms with E-state index in [2.05, 4.69) is 19.2 Å². The Balaban J connectivity index is 1.41. The van der Waals surface area contributed by atoms with Gasteiger partial charge < -0.3 is 18.9 Å². The van der Waals surface area contributed by atoms with E-state index in [9.17, 15) is 18.8 Å². The smallest absolute Gasteiger partial charge is 0.371 e. The van der Waals surface area contributed by atoms with Crippen LogP contribution in [-0.2, 0) is 19.1 Å². The van der Waals surface area contributed by atoms with E-state index in [0.29, 0.717) is 24.4 Å². The minimum atomic E-state index is -1.19. The van der Waals surface area contributed by atoms with E-state index in [0.717, 1.165) is 64.8 Å². The zero-order valence-corrected chi connectivity index (χ0v) is 25.2. The van der Waals surface area contributed by atoms with Crippen LogP contribution in [0.2, 0.25) is 0 Å². The minimum absolute atomic E-state index is 0.125. The molecular weight excluding hydrogens is 571 g/mol. The number of rotatable bonds is 16. The Labute approximate surface area is 255 Å². The average Bonchev–Trinajstić information content (AvgIpc) is 2.99. The maximum Gasteiger partial charge on any atom is 0.371 e. The van der Waals surface area contributed by atoms with Gasteiger partial charge in [0, 0.05) is 17.6 Å². The van der Waals surface area contributed by atoms with Crippen molar-refractivity contribution in [3.05, 3.63) is 102 Å². The van der Waals surface area contributed by atoms with Crippen LogP contribution >= 0.6 is 11.8 Å². The van der Waals surface area contributed by atoms with Crippen molar-refractivity contribution in [2.75, 3.05) is 26.9 Å². The summed E-state index contributed by atoms with van der Waals surface area (Å²) in [6, 6.07) is 19.6. The van der Waals surface area contributed by atoms with E-state index in [4.69, 9.17) is 18.9 Å². The van der Waals surface area contributed by atoms with Gasteiger partial charge in [-0.1, -0.05) is 31.4 Å². The molecule has 0 aromatic heterocycles. The minimum Gasteiger partial charge on any atom is -0.493 e. The van der Waals surface area contributed by atoms with Crippen LogP contribution in [-0.4, -0.2) is 44.0 Å². The molecule has 0 unspecified atom stereocenters. The molecule has 0 aliphatic carbocycles. The van der Waals surface area contributed by atoms with E-state index in [1.54, 1.807) is 0 Å². The number of aryl methyl sites for hydroxylation is 1. The van der Waals surface area contributed by atoms with E-state index in [1.807, 2.05) is 43.3 Å². The van der Waals surface area contributed by atoms with Crippen LogP contribution in [0.15, 0.2) is 96.2 Å². The second-order valence-electron chi connectivity index (χ2n) is 9.65. The van der Waals surface area contributed by atoms with Crippen LogP contribution in [0.25, 0.3) is 11.1 Å². The van der Waals surface area contributed by atoms with Crippen LogP contribution in [0.3, 0.4) is 0 Å². The first kappa shape index (κ1) is 33.3. The molecule has 3 aromatic rings. The number of ether oxygens (including phenoxy) is 4. The second-order valence-corrected chi connectivity index (χ2v) is 10.7. The third-order valence-corrected chi connectivity index (χ3v) is 7.16. The highest BCUT2D eigenvalue weighted by Crippen LogP contribution is 2.30. The summed E-state index contributed by atoms with van der Waals surface area (Å²) in [5, 5.41) is -0.175. The number of carbonyl (C=O) groups is 3. The first-order chi connectivity index (χ1) is 20.7. The molecule has 0 radical (unpaired) electrons. The van der Waals surface area contributed by atoms with Gasteiger partial charge in [0.2, 0.25) is 10.9 Å². The number of hydrogen-bond donors (Lipinski definition) is 0. The van der Waals surface area contributed by atoms with Gasteiger partial charge in [-0.15, -0.1) is 0 Å². The van der Waals surface area contributed by atoms with Crippen molar-refractivity contribution in [3.63, 3.8) is 0 Å². The van der Waals surface area contributed by atoms with Crippen LogP contribution in [0, 0.1) is 6.92 Å². The van der Waals surface area contributed by atoms with E-state index < -0.39 is 17.8 Å². The molecule has 0 bridgehead atoms. The number of halogens is 1. The zero-order chi connectivity index (χ0) is 31.2. The lowest BCUT2D eigenvalue weighted by Crippen LogP contribution is -2.11. The van der Waals surface area contributed by atoms with Gasteiger partial charge in [-0.25, -0.2) is 9.59 Å². The summed E-state index contributed by atoms with van der Waals surface area (Å²) in [6.07, 6.45) is 3.60. The molecule has 0 spiro atoms. The molecule has 3 aromatic carbocycles. The normalized spacial score (nSPS) is 10.6. The Kier molecular flexibility index (Phi) is 13.2. The van der Waals surface area contributed by atoms with Crippen molar-refractivity contribution in [1.29, 1.82) is 0 Å². The number of esters is 2. The zero-order valence-electron chi connectivity index (χ0n) is 24.4. The lowest BCUT2D eigenvalue weighted by molar-refractivity contribution is -0.139. The summed E-state index contributed by atoms with van der Waals surface area (Å²) >= 11 is 1.08. The molecule has 0 atom stereocenters. The van der Waals surface area contributed by atoms with Gasteiger partial charge in [-0.3, -0.25) is 4.79 Å². The van der Waals surface area contributed by atoms with E-state index in [-0.39, 0.29) is 17.5 Å². The van der Waals surface area contributed by atoms with Gasteiger partial charge in [-0.2, -0.15) is 4.39 Å². The van der Waals surface area contributed by atoms with Crippen molar-refractivity contribution < 1.29 is 37.7 Å². The molecule has 0 saturated heterocycles. The van der Waals surface area contributed by atoms with Crippen LogP contribution in [0.1, 0.15) is 41.6 Å². The number of thioether (sulfide) groups is 1. The maximum atomic E-state index is 12.8. The topological polar surface area (TPSA) is 88.1 Å². The Bertz CT molecular complexity index is 1430. The second kappa shape index (κ2) is 17.0. The summed E-state index contributed by atoms with van der Waals surface area (Å²) in [5.41, 5.74) is 3.82. The lowest BCUT2D eigenvalue weighted by Gasteiger charge is -2.11. The Morgan fingerprint density at radius 2 is 1.47 bits per heavy atom. The first-order valence-corrected chi connectivity index (χ1v) is 14.6. The molecule has 0 fully saturated rings. The molecule has 0 saturated carbocycles. The van der Waals surface area contributed by atoms with Gasteiger partial charge in [0.1, 0.15) is 11.5 Å². The number of methoxy groups -OCH3 is 1. The predicted molar refractivity (Wildman–Crippen MR) is 165 cm³/mol. The first-order valence-electron chi connectivity index (χ1n) is 13.7. The highest BCUT2D eigenvalue weighted by Gasteiger charge is 2.12. The molecule has 7 nitrogen and oxygen atoms in total. The molecule has 0 aliphatic rings. The van der Waals surface area contributed by atoms with Gasteiger partial charge in [0.05, 0.1) is 25.4 Å². The quantitative estimate of drug-likeness (QED) is 0.0540.